The number of carbonyl (C=O) groups is 3. The SMILES string of the molecule is Cc1cc(COc2ccc(C3(NC(=O)C(F)(F)F)CCN(C(CC(C)C)C(=O)NO)C3=O)cc2)cc(C)n1. The zero-order chi connectivity index (χ0) is 28.3. The second kappa shape index (κ2) is 11.4. The predicted molar refractivity (Wildman–Crippen MR) is 130 cm³/mol. The van der Waals surface area contributed by atoms with Crippen LogP contribution in [0.5, 0.6) is 5.75 Å². The minimum Gasteiger partial charge on any atom is -0.489 e. The minimum atomic E-state index is -5.23. The molecule has 0 bridgehead atoms. The summed E-state index contributed by atoms with van der Waals surface area (Å²) >= 11 is 0. The zero-order valence-corrected chi connectivity index (χ0v) is 21.6. The van der Waals surface area contributed by atoms with Crippen molar-refractivity contribution in [2.75, 3.05) is 6.54 Å². The van der Waals surface area contributed by atoms with Gasteiger partial charge in [-0.1, -0.05) is 26.0 Å². The predicted octanol–water partition coefficient (Wildman–Crippen LogP) is 3.30. The van der Waals surface area contributed by atoms with E-state index in [1.165, 1.54) is 29.7 Å². The van der Waals surface area contributed by atoms with E-state index in [0.29, 0.717) is 5.75 Å². The number of pyridine rings is 1. The van der Waals surface area contributed by atoms with E-state index in [1.54, 1.807) is 13.8 Å². The van der Waals surface area contributed by atoms with Crippen LogP contribution in [-0.4, -0.2) is 51.6 Å². The maximum absolute atomic E-state index is 13.6. The lowest BCUT2D eigenvalue weighted by Gasteiger charge is -2.32. The van der Waals surface area contributed by atoms with Crippen LogP contribution in [0.2, 0.25) is 0 Å². The lowest BCUT2D eigenvalue weighted by atomic mass is 9.87. The van der Waals surface area contributed by atoms with Crippen LogP contribution >= 0.6 is 0 Å². The summed E-state index contributed by atoms with van der Waals surface area (Å²) in [5, 5.41) is 11.1. The van der Waals surface area contributed by atoms with Gasteiger partial charge in [-0.25, -0.2) is 5.48 Å². The van der Waals surface area contributed by atoms with Gasteiger partial charge in [-0.15, -0.1) is 0 Å². The van der Waals surface area contributed by atoms with Gasteiger partial charge in [-0.2, -0.15) is 13.2 Å². The first kappa shape index (κ1) is 28.9. The Kier molecular flexibility index (Phi) is 8.65. The normalized spacial score (nSPS) is 18.4. The molecular formula is C26H31F3N4O5. The molecule has 3 N–H and O–H groups in total. The summed E-state index contributed by atoms with van der Waals surface area (Å²) in [4.78, 5) is 43.4. The van der Waals surface area contributed by atoms with E-state index in [9.17, 15) is 32.8 Å². The molecule has 3 amide bonds. The molecule has 2 unspecified atom stereocenters. The minimum absolute atomic E-state index is 0.0748. The summed E-state index contributed by atoms with van der Waals surface area (Å²) in [6, 6.07) is 8.43. The van der Waals surface area contributed by atoms with Gasteiger partial charge < -0.3 is 15.0 Å². The van der Waals surface area contributed by atoms with E-state index in [4.69, 9.17) is 4.74 Å². The molecular weight excluding hydrogens is 505 g/mol. The average molecular weight is 537 g/mol. The van der Waals surface area contributed by atoms with Gasteiger partial charge in [-0.3, -0.25) is 24.6 Å². The highest BCUT2D eigenvalue weighted by Gasteiger charge is 2.55. The number of alkyl halides is 3. The number of nitrogens with one attached hydrogen (secondary N) is 2. The number of carbonyl (C=O) groups excluding carboxylic acids is 3. The van der Waals surface area contributed by atoms with Crippen molar-refractivity contribution in [1.82, 2.24) is 20.7 Å². The molecule has 1 aromatic carbocycles. The maximum atomic E-state index is 13.6. The third kappa shape index (κ3) is 6.42. The van der Waals surface area contributed by atoms with E-state index in [-0.39, 0.29) is 37.5 Å². The maximum Gasteiger partial charge on any atom is 0.471 e. The highest BCUT2D eigenvalue weighted by Crippen LogP contribution is 2.37. The number of benzene rings is 1. The Morgan fingerprint density at radius 1 is 1.16 bits per heavy atom. The third-order valence-corrected chi connectivity index (χ3v) is 6.32. The van der Waals surface area contributed by atoms with E-state index in [0.717, 1.165) is 21.9 Å². The fourth-order valence-corrected chi connectivity index (χ4v) is 4.66. The van der Waals surface area contributed by atoms with E-state index in [2.05, 4.69) is 4.98 Å². The Hall–Kier alpha value is -3.67. The van der Waals surface area contributed by atoms with Crippen molar-refractivity contribution in [1.29, 1.82) is 0 Å². The van der Waals surface area contributed by atoms with Crippen LogP contribution in [0.3, 0.4) is 0 Å². The van der Waals surface area contributed by atoms with Crippen molar-refractivity contribution in [3.8, 4) is 5.75 Å². The van der Waals surface area contributed by atoms with Crippen molar-refractivity contribution in [2.24, 2.45) is 5.92 Å². The molecule has 1 aliphatic rings. The van der Waals surface area contributed by atoms with Crippen LogP contribution in [0, 0.1) is 19.8 Å². The van der Waals surface area contributed by atoms with Gasteiger partial charge in [-0.05, 0) is 61.6 Å². The Labute approximate surface area is 218 Å². The smallest absolute Gasteiger partial charge is 0.471 e. The molecule has 2 heterocycles. The largest absolute Gasteiger partial charge is 0.489 e. The molecule has 206 valence electrons. The number of hydrogen-bond donors (Lipinski definition) is 3. The van der Waals surface area contributed by atoms with Gasteiger partial charge in [0.05, 0.1) is 0 Å². The molecule has 1 aliphatic heterocycles. The highest BCUT2D eigenvalue weighted by atomic mass is 19.4. The number of hydrogen-bond acceptors (Lipinski definition) is 6. The second-order valence-electron chi connectivity index (χ2n) is 9.80. The van der Waals surface area contributed by atoms with Gasteiger partial charge >= 0.3 is 12.1 Å². The molecule has 0 aliphatic carbocycles. The third-order valence-electron chi connectivity index (χ3n) is 6.32. The van der Waals surface area contributed by atoms with Gasteiger partial charge in [0.2, 0.25) is 0 Å². The van der Waals surface area contributed by atoms with Crippen molar-refractivity contribution in [3.63, 3.8) is 0 Å². The number of amides is 3. The lowest BCUT2D eigenvalue weighted by Crippen LogP contribution is -2.57. The van der Waals surface area contributed by atoms with E-state index >= 15 is 0 Å². The van der Waals surface area contributed by atoms with Crippen LogP contribution in [-0.2, 0) is 26.5 Å². The first-order chi connectivity index (χ1) is 17.8. The molecule has 2 atom stereocenters. The lowest BCUT2D eigenvalue weighted by molar-refractivity contribution is -0.176. The zero-order valence-electron chi connectivity index (χ0n) is 21.6. The number of rotatable bonds is 9. The van der Waals surface area contributed by atoms with Crippen molar-refractivity contribution in [2.45, 2.75) is 64.9 Å². The molecule has 0 radical (unpaired) electrons. The van der Waals surface area contributed by atoms with Crippen molar-refractivity contribution < 1.29 is 37.5 Å². The van der Waals surface area contributed by atoms with Crippen LogP contribution in [0.25, 0.3) is 0 Å². The first-order valence-electron chi connectivity index (χ1n) is 12.1. The van der Waals surface area contributed by atoms with E-state index in [1.807, 2.05) is 31.3 Å². The summed E-state index contributed by atoms with van der Waals surface area (Å²) in [6.07, 6.45) is -5.29. The van der Waals surface area contributed by atoms with Crippen molar-refractivity contribution >= 4 is 17.7 Å². The summed E-state index contributed by atoms with van der Waals surface area (Å²) < 4.78 is 45.5. The Morgan fingerprint density at radius 3 is 2.29 bits per heavy atom. The fourth-order valence-electron chi connectivity index (χ4n) is 4.66. The summed E-state index contributed by atoms with van der Waals surface area (Å²) in [7, 11) is 0. The number of hydroxylamine groups is 1. The molecule has 3 rings (SSSR count). The molecule has 2 aromatic rings. The topological polar surface area (TPSA) is 121 Å². The van der Waals surface area contributed by atoms with Gasteiger partial charge in [0.25, 0.3) is 11.8 Å². The molecule has 0 saturated carbocycles. The molecule has 1 saturated heterocycles. The Balaban J connectivity index is 1.91. The van der Waals surface area contributed by atoms with Gasteiger partial charge in [0.15, 0.2) is 0 Å². The second-order valence-corrected chi connectivity index (χ2v) is 9.80. The average Bonchev–Trinajstić information content (AvgIpc) is 3.16. The highest BCUT2D eigenvalue weighted by molar-refractivity contribution is 5.98. The standard InChI is InChI=1S/C26H31F3N4O5/c1-15(2)11-21(22(34)32-37)33-10-9-25(24(33)36,31-23(35)26(27,28)29)19-5-7-20(8-6-19)38-14-18-12-16(3)30-17(4)13-18/h5-8,12-13,15,21,37H,9-11,14H2,1-4H3,(H,31,35)(H,32,34). The number of ether oxygens (including phenoxy) is 1. The summed E-state index contributed by atoms with van der Waals surface area (Å²) in [5.74, 6) is -3.69. The number of aromatic nitrogens is 1. The van der Waals surface area contributed by atoms with Crippen LogP contribution < -0.4 is 15.5 Å². The number of likely N-dealkylation sites (tertiary alicyclic amines) is 1. The van der Waals surface area contributed by atoms with Crippen molar-refractivity contribution in [3.05, 3.63) is 58.9 Å². The van der Waals surface area contributed by atoms with Crippen LogP contribution in [0.4, 0.5) is 13.2 Å². The summed E-state index contributed by atoms with van der Waals surface area (Å²) in [5.41, 5.74) is 2.11. The van der Waals surface area contributed by atoms with E-state index < -0.39 is 35.5 Å². The van der Waals surface area contributed by atoms with Gasteiger partial charge in [0.1, 0.15) is 23.9 Å². The monoisotopic (exact) mass is 536 g/mol. The summed E-state index contributed by atoms with van der Waals surface area (Å²) in [6.45, 7) is 7.42. The quantitative estimate of drug-likeness (QED) is 0.334. The Bertz CT molecular complexity index is 1170. The fraction of sp³-hybridized carbons (Fsp3) is 0.462. The number of halogens is 3. The molecule has 38 heavy (non-hydrogen) atoms. The molecule has 12 heteroatoms. The molecule has 1 aromatic heterocycles. The molecule has 9 nitrogen and oxygen atoms in total. The number of nitrogens with zero attached hydrogens (tertiary/aromatic N) is 2. The number of aryl methyl sites for hydroxylation is 2. The molecule has 0 spiro atoms. The van der Waals surface area contributed by atoms with Crippen LogP contribution in [0.1, 0.15) is 49.2 Å². The van der Waals surface area contributed by atoms with Gasteiger partial charge in [0, 0.05) is 24.4 Å². The Morgan fingerprint density at radius 2 is 1.76 bits per heavy atom. The molecule has 1 fully saturated rings. The van der Waals surface area contributed by atoms with Crippen LogP contribution in [0.15, 0.2) is 36.4 Å². The first-order valence-corrected chi connectivity index (χ1v) is 12.1.